The second kappa shape index (κ2) is 16.6. The molecule has 2 N–H and O–H groups in total. The zero-order chi connectivity index (χ0) is 20.5. The maximum atomic E-state index is 12.4. The van der Waals surface area contributed by atoms with Crippen molar-refractivity contribution in [3.05, 3.63) is 36.1 Å². The molecule has 8 heteroatoms. The monoisotopic (exact) mass is 366 g/mol. The molecule has 0 aromatic heterocycles. The fourth-order valence-electron chi connectivity index (χ4n) is 1.03. The quantitative estimate of drug-likeness (QED) is 0.535. The fourth-order valence-corrected chi connectivity index (χ4v) is 1.03. The molecule has 0 radical (unpaired) electrons. The summed E-state index contributed by atoms with van der Waals surface area (Å²) in [6, 6.07) is 0. The highest BCUT2D eigenvalue weighted by atomic mass is 19.4. The predicted molar refractivity (Wildman–Crippen MR) is 93.8 cm³/mol. The lowest BCUT2D eigenvalue weighted by molar-refractivity contribution is -0.127. The molecule has 0 aliphatic rings. The first-order chi connectivity index (χ1) is 11.7. The SMILES string of the molecule is C=C/C(=C\C=C(/C)OCC(=O)NCC(=O)NC)C(F)(F)F.CC.CC. The van der Waals surface area contributed by atoms with Crippen molar-refractivity contribution in [1.29, 1.82) is 0 Å². The highest BCUT2D eigenvalue weighted by molar-refractivity contribution is 5.85. The number of halogens is 3. The van der Waals surface area contributed by atoms with Crippen LogP contribution >= 0.6 is 0 Å². The molecule has 25 heavy (non-hydrogen) atoms. The van der Waals surface area contributed by atoms with E-state index in [1.807, 2.05) is 27.7 Å². The number of nitrogens with one attached hydrogen (secondary N) is 2. The van der Waals surface area contributed by atoms with Crippen molar-refractivity contribution in [2.45, 2.75) is 40.8 Å². The van der Waals surface area contributed by atoms with Crippen LogP contribution in [0.15, 0.2) is 36.1 Å². The van der Waals surface area contributed by atoms with E-state index in [2.05, 4.69) is 17.2 Å². The van der Waals surface area contributed by atoms with Crippen LogP contribution in [-0.2, 0) is 14.3 Å². The van der Waals surface area contributed by atoms with Gasteiger partial charge in [0.05, 0.1) is 17.9 Å². The normalized spacial score (nSPS) is 11.1. The van der Waals surface area contributed by atoms with Crippen molar-refractivity contribution in [3.8, 4) is 0 Å². The van der Waals surface area contributed by atoms with Crippen molar-refractivity contribution >= 4 is 11.8 Å². The number of ether oxygens (including phenoxy) is 1. The summed E-state index contributed by atoms with van der Waals surface area (Å²) in [4.78, 5) is 22.1. The lowest BCUT2D eigenvalue weighted by atomic mass is 10.2. The predicted octanol–water partition coefficient (Wildman–Crippen LogP) is 3.50. The van der Waals surface area contributed by atoms with E-state index in [0.29, 0.717) is 6.08 Å². The Labute approximate surface area is 148 Å². The average molecular weight is 366 g/mol. The molecule has 0 unspecified atom stereocenters. The summed E-state index contributed by atoms with van der Waals surface area (Å²) in [6.45, 7) is 11.9. The summed E-state index contributed by atoms with van der Waals surface area (Å²) < 4.78 is 42.1. The molecule has 0 heterocycles. The average Bonchev–Trinajstić information content (AvgIpc) is 2.60. The topological polar surface area (TPSA) is 67.4 Å². The van der Waals surface area contributed by atoms with Gasteiger partial charge in [-0.3, -0.25) is 9.59 Å². The van der Waals surface area contributed by atoms with Gasteiger partial charge >= 0.3 is 6.18 Å². The van der Waals surface area contributed by atoms with Gasteiger partial charge in [-0.15, -0.1) is 0 Å². The highest BCUT2D eigenvalue weighted by Gasteiger charge is 2.30. The fraction of sp³-hybridized carbons (Fsp3) is 0.529. The smallest absolute Gasteiger partial charge is 0.416 e. The van der Waals surface area contributed by atoms with Gasteiger partial charge in [0.15, 0.2) is 6.61 Å². The summed E-state index contributed by atoms with van der Waals surface area (Å²) in [5, 5.41) is 4.58. The first-order valence-corrected chi connectivity index (χ1v) is 7.89. The first kappa shape index (κ1) is 27.6. The molecule has 0 aromatic rings. The van der Waals surface area contributed by atoms with Crippen LogP contribution in [0, 0.1) is 0 Å². The van der Waals surface area contributed by atoms with Crippen molar-refractivity contribution in [1.82, 2.24) is 10.6 Å². The molecule has 0 aromatic carbocycles. The molecule has 2 amide bonds. The Hall–Kier alpha value is -2.25. The van der Waals surface area contributed by atoms with Gasteiger partial charge in [0.2, 0.25) is 5.91 Å². The Morgan fingerprint density at radius 2 is 1.60 bits per heavy atom. The minimum atomic E-state index is -4.50. The lowest BCUT2D eigenvalue weighted by Crippen LogP contribution is -2.36. The van der Waals surface area contributed by atoms with E-state index in [9.17, 15) is 22.8 Å². The van der Waals surface area contributed by atoms with Gasteiger partial charge < -0.3 is 15.4 Å². The van der Waals surface area contributed by atoms with Gasteiger partial charge in [-0.25, -0.2) is 0 Å². The zero-order valence-electron chi connectivity index (χ0n) is 15.7. The molecule has 0 bridgehead atoms. The molecule has 5 nitrogen and oxygen atoms in total. The number of likely N-dealkylation sites (N-methyl/N-ethyl adjacent to an activating group) is 1. The minimum Gasteiger partial charge on any atom is -0.488 e. The van der Waals surface area contributed by atoms with Gasteiger partial charge in [-0.1, -0.05) is 40.3 Å². The largest absolute Gasteiger partial charge is 0.488 e. The summed E-state index contributed by atoms with van der Waals surface area (Å²) in [5.41, 5.74) is -0.922. The molecule has 0 atom stereocenters. The van der Waals surface area contributed by atoms with E-state index in [-0.39, 0.29) is 18.2 Å². The van der Waals surface area contributed by atoms with E-state index in [1.54, 1.807) is 0 Å². The molecule has 0 spiro atoms. The number of hydrogen-bond acceptors (Lipinski definition) is 3. The Kier molecular flexibility index (Phi) is 18.3. The first-order valence-electron chi connectivity index (χ1n) is 7.89. The van der Waals surface area contributed by atoms with E-state index in [1.165, 1.54) is 14.0 Å². The number of allylic oxidation sites excluding steroid dienone is 5. The summed E-state index contributed by atoms with van der Waals surface area (Å²) >= 11 is 0. The van der Waals surface area contributed by atoms with Crippen LogP contribution in [0.1, 0.15) is 34.6 Å². The molecule has 0 aliphatic carbocycles. The minimum absolute atomic E-state index is 0.119. The summed E-state index contributed by atoms with van der Waals surface area (Å²) in [6.07, 6.45) is -1.94. The third-order valence-electron chi connectivity index (χ3n) is 2.20. The van der Waals surface area contributed by atoms with Crippen LogP contribution in [0.25, 0.3) is 0 Å². The molecule has 146 valence electrons. The van der Waals surface area contributed by atoms with Crippen LogP contribution in [0.3, 0.4) is 0 Å². The maximum absolute atomic E-state index is 12.4. The molecule has 0 fully saturated rings. The second-order valence-electron chi connectivity index (χ2n) is 3.84. The Morgan fingerprint density at radius 3 is 2.00 bits per heavy atom. The second-order valence-corrected chi connectivity index (χ2v) is 3.84. The van der Waals surface area contributed by atoms with E-state index in [4.69, 9.17) is 4.74 Å². The van der Waals surface area contributed by atoms with E-state index in [0.717, 1.165) is 12.2 Å². The van der Waals surface area contributed by atoms with Gasteiger partial charge in [-0.05, 0) is 19.1 Å². The van der Waals surface area contributed by atoms with Gasteiger partial charge in [0.1, 0.15) is 0 Å². The van der Waals surface area contributed by atoms with Crippen molar-refractivity contribution in [2.75, 3.05) is 20.2 Å². The maximum Gasteiger partial charge on any atom is 0.416 e. The Morgan fingerprint density at radius 1 is 1.08 bits per heavy atom. The summed E-state index contributed by atoms with van der Waals surface area (Å²) in [7, 11) is 1.42. The molecular weight excluding hydrogens is 337 g/mol. The molecule has 0 saturated carbocycles. The molecule has 0 saturated heterocycles. The third-order valence-corrected chi connectivity index (χ3v) is 2.20. The highest BCUT2D eigenvalue weighted by Crippen LogP contribution is 2.26. The van der Waals surface area contributed by atoms with E-state index < -0.39 is 24.3 Å². The Balaban J connectivity index is -0.00000112. The number of alkyl halides is 3. The van der Waals surface area contributed by atoms with Crippen molar-refractivity contribution in [2.24, 2.45) is 0 Å². The van der Waals surface area contributed by atoms with Gasteiger partial charge in [0, 0.05) is 7.05 Å². The molecule has 0 rings (SSSR count). The van der Waals surface area contributed by atoms with Gasteiger partial charge in [0.25, 0.3) is 5.91 Å². The number of rotatable bonds is 7. The van der Waals surface area contributed by atoms with Crippen LogP contribution in [-0.4, -0.2) is 38.2 Å². The molecular formula is C17H29F3N2O3. The van der Waals surface area contributed by atoms with Crippen LogP contribution < -0.4 is 10.6 Å². The number of carbonyl (C=O) groups is 2. The zero-order valence-corrected chi connectivity index (χ0v) is 15.7. The van der Waals surface area contributed by atoms with Gasteiger partial charge in [-0.2, -0.15) is 13.2 Å². The number of hydrogen-bond donors (Lipinski definition) is 2. The van der Waals surface area contributed by atoms with Crippen LogP contribution in [0.4, 0.5) is 13.2 Å². The number of carbonyl (C=O) groups excluding carboxylic acids is 2. The third kappa shape index (κ3) is 16.4. The van der Waals surface area contributed by atoms with Crippen LogP contribution in [0.2, 0.25) is 0 Å². The van der Waals surface area contributed by atoms with Crippen molar-refractivity contribution < 1.29 is 27.5 Å². The number of amides is 2. The van der Waals surface area contributed by atoms with Crippen molar-refractivity contribution in [3.63, 3.8) is 0 Å². The molecule has 0 aliphatic heterocycles. The van der Waals surface area contributed by atoms with Crippen LogP contribution in [0.5, 0.6) is 0 Å². The summed E-state index contributed by atoms with van der Waals surface area (Å²) in [5.74, 6) is -0.817. The standard InChI is InChI=1S/C13H17F3N2O3.2C2H6/c1-4-10(13(14,15)16)6-5-9(2)21-8-12(20)18-7-11(19)17-3;2*1-2/h4-6H,1,7-8H2,2-3H3,(H,17,19)(H,18,20);2*1-2H3/b9-5+,10-6+;;. The Bertz CT molecular complexity index is 457. The van der Waals surface area contributed by atoms with E-state index >= 15 is 0 Å². The lowest BCUT2D eigenvalue weighted by Gasteiger charge is -2.08.